The SMILES string of the molecule is CNc1snnc1CSc1ccc(C(C)(C)C)cc1. The summed E-state index contributed by atoms with van der Waals surface area (Å²) in [5, 5.41) is 8.32. The number of hydrogen-bond acceptors (Lipinski definition) is 5. The summed E-state index contributed by atoms with van der Waals surface area (Å²) in [6.07, 6.45) is 0. The summed E-state index contributed by atoms with van der Waals surface area (Å²) in [6, 6.07) is 8.79. The van der Waals surface area contributed by atoms with Crippen LogP contribution < -0.4 is 5.32 Å². The molecule has 1 aromatic heterocycles. The Morgan fingerprint density at radius 3 is 2.47 bits per heavy atom. The summed E-state index contributed by atoms with van der Waals surface area (Å²) in [5.41, 5.74) is 2.60. The van der Waals surface area contributed by atoms with E-state index in [2.05, 4.69) is 59.9 Å². The van der Waals surface area contributed by atoms with Gasteiger partial charge in [-0.25, -0.2) is 0 Å². The van der Waals surface area contributed by atoms with Gasteiger partial charge in [0.05, 0.1) is 0 Å². The van der Waals surface area contributed by atoms with Crippen LogP contribution in [0.4, 0.5) is 5.00 Å². The Morgan fingerprint density at radius 1 is 1.21 bits per heavy atom. The molecule has 5 heteroatoms. The lowest BCUT2D eigenvalue weighted by molar-refractivity contribution is 0.590. The van der Waals surface area contributed by atoms with Crippen molar-refractivity contribution in [3.8, 4) is 0 Å². The first-order valence-corrected chi connectivity index (χ1v) is 7.99. The molecule has 0 saturated heterocycles. The van der Waals surface area contributed by atoms with Crippen molar-refractivity contribution in [2.75, 3.05) is 12.4 Å². The second-order valence-corrected chi connectivity index (χ2v) is 7.16. The van der Waals surface area contributed by atoms with Crippen LogP contribution in [-0.2, 0) is 11.2 Å². The first-order chi connectivity index (χ1) is 9.00. The first-order valence-electron chi connectivity index (χ1n) is 6.23. The molecule has 1 heterocycles. The molecule has 0 atom stereocenters. The Labute approximate surface area is 123 Å². The maximum absolute atomic E-state index is 4.14. The lowest BCUT2D eigenvalue weighted by Gasteiger charge is -2.19. The fourth-order valence-corrected chi connectivity index (χ4v) is 3.15. The summed E-state index contributed by atoms with van der Waals surface area (Å²) >= 11 is 3.20. The van der Waals surface area contributed by atoms with Crippen molar-refractivity contribution in [1.82, 2.24) is 9.59 Å². The molecule has 0 fully saturated rings. The molecule has 2 rings (SSSR count). The standard InChI is InChI=1S/C14H19N3S2/c1-14(2,3)10-5-7-11(8-6-10)18-9-12-13(15-4)19-17-16-12/h5-8,15H,9H2,1-4H3. The highest BCUT2D eigenvalue weighted by Gasteiger charge is 2.13. The van der Waals surface area contributed by atoms with Gasteiger partial charge < -0.3 is 5.32 Å². The van der Waals surface area contributed by atoms with Crippen LogP contribution in [0.2, 0.25) is 0 Å². The number of anilines is 1. The highest BCUT2D eigenvalue weighted by Crippen LogP contribution is 2.29. The van der Waals surface area contributed by atoms with Crippen molar-refractivity contribution in [3.05, 3.63) is 35.5 Å². The molecule has 1 aromatic carbocycles. The van der Waals surface area contributed by atoms with Gasteiger partial charge in [-0.2, -0.15) is 0 Å². The van der Waals surface area contributed by atoms with Crippen molar-refractivity contribution >= 4 is 28.3 Å². The lowest BCUT2D eigenvalue weighted by Crippen LogP contribution is -2.10. The Bertz CT molecular complexity index is 526. The van der Waals surface area contributed by atoms with Gasteiger partial charge in [-0.05, 0) is 23.1 Å². The molecular weight excluding hydrogens is 274 g/mol. The fraction of sp³-hybridized carbons (Fsp3) is 0.429. The Hall–Kier alpha value is -1.07. The quantitative estimate of drug-likeness (QED) is 0.859. The molecule has 0 radical (unpaired) electrons. The van der Waals surface area contributed by atoms with Crippen LogP contribution in [0.5, 0.6) is 0 Å². The molecular formula is C14H19N3S2. The van der Waals surface area contributed by atoms with Gasteiger partial charge in [0.25, 0.3) is 0 Å². The van der Waals surface area contributed by atoms with E-state index in [1.54, 1.807) is 11.8 Å². The van der Waals surface area contributed by atoms with Crippen molar-refractivity contribution in [1.29, 1.82) is 0 Å². The minimum atomic E-state index is 0.210. The Morgan fingerprint density at radius 2 is 1.89 bits per heavy atom. The number of thioether (sulfide) groups is 1. The van der Waals surface area contributed by atoms with Crippen LogP contribution in [0.1, 0.15) is 32.0 Å². The van der Waals surface area contributed by atoms with Crippen LogP contribution >= 0.6 is 23.3 Å². The van der Waals surface area contributed by atoms with Crippen LogP contribution in [0.25, 0.3) is 0 Å². The third kappa shape index (κ3) is 3.70. The minimum absolute atomic E-state index is 0.210. The van der Waals surface area contributed by atoms with E-state index in [-0.39, 0.29) is 5.41 Å². The maximum Gasteiger partial charge on any atom is 0.133 e. The summed E-state index contributed by atoms with van der Waals surface area (Å²) in [5.74, 6) is 0.849. The van der Waals surface area contributed by atoms with Gasteiger partial charge in [0.2, 0.25) is 0 Å². The fourth-order valence-electron chi connectivity index (χ4n) is 1.70. The van der Waals surface area contributed by atoms with Crippen LogP contribution in [0, 0.1) is 0 Å². The van der Waals surface area contributed by atoms with E-state index in [1.165, 1.54) is 22.0 Å². The average Bonchev–Trinajstić information content (AvgIpc) is 2.83. The first kappa shape index (κ1) is 14.3. The zero-order valence-corrected chi connectivity index (χ0v) is 13.4. The largest absolute Gasteiger partial charge is 0.377 e. The average molecular weight is 293 g/mol. The number of benzene rings is 1. The summed E-state index contributed by atoms with van der Waals surface area (Å²) in [4.78, 5) is 1.27. The van der Waals surface area contributed by atoms with E-state index in [0.29, 0.717) is 0 Å². The van der Waals surface area contributed by atoms with E-state index >= 15 is 0 Å². The van der Waals surface area contributed by atoms with Crippen LogP contribution in [-0.4, -0.2) is 16.6 Å². The predicted molar refractivity (Wildman–Crippen MR) is 84.2 cm³/mol. The number of hydrogen-bond donors (Lipinski definition) is 1. The van der Waals surface area contributed by atoms with Crippen molar-refractivity contribution in [2.45, 2.75) is 36.8 Å². The third-order valence-electron chi connectivity index (χ3n) is 2.88. The maximum atomic E-state index is 4.14. The minimum Gasteiger partial charge on any atom is -0.377 e. The van der Waals surface area contributed by atoms with E-state index in [0.717, 1.165) is 16.4 Å². The molecule has 0 spiro atoms. The second kappa shape index (κ2) is 5.92. The van der Waals surface area contributed by atoms with Crippen molar-refractivity contribution < 1.29 is 0 Å². The molecule has 0 aliphatic rings. The van der Waals surface area contributed by atoms with Gasteiger partial charge in [0, 0.05) is 29.2 Å². The van der Waals surface area contributed by atoms with Gasteiger partial charge >= 0.3 is 0 Å². The van der Waals surface area contributed by atoms with Crippen LogP contribution in [0.15, 0.2) is 29.2 Å². The highest BCUT2D eigenvalue weighted by atomic mass is 32.2. The molecule has 0 unspecified atom stereocenters. The topological polar surface area (TPSA) is 37.8 Å². The van der Waals surface area contributed by atoms with Gasteiger partial charge in [0.15, 0.2) is 0 Å². The molecule has 0 aliphatic heterocycles. The molecule has 2 aromatic rings. The normalized spacial score (nSPS) is 11.6. The predicted octanol–water partition coefficient (Wildman–Crippen LogP) is 4.17. The molecule has 0 saturated carbocycles. The van der Waals surface area contributed by atoms with E-state index < -0.39 is 0 Å². The Balaban J connectivity index is 2.01. The molecule has 102 valence electrons. The highest BCUT2D eigenvalue weighted by molar-refractivity contribution is 7.98. The molecule has 3 nitrogen and oxygen atoms in total. The van der Waals surface area contributed by atoms with E-state index in [9.17, 15) is 0 Å². The molecule has 0 bridgehead atoms. The van der Waals surface area contributed by atoms with Gasteiger partial charge in [0.1, 0.15) is 10.7 Å². The zero-order chi connectivity index (χ0) is 13.9. The third-order valence-corrected chi connectivity index (χ3v) is 4.69. The van der Waals surface area contributed by atoms with E-state index in [1.807, 2.05) is 7.05 Å². The molecule has 1 N–H and O–H groups in total. The molecule has 19 heavy (non-hydrogen) atoms. The molecule has 0 aliphatic carbocycles. The second-order valence-electron chi connectivity index (χ2n) is 5.36. The van der Waals surface area contributed by atoms with Gasteiger partial charge in [-0.1, -0.05) is 37.4 Å². The smallest absolute Gasteiger partial charge is 0.133 e. The number of nitrogens with zero attached hydrogens (tertiary/aromatic N) is 2. The molecule has 0 amide bonds. The van der Waals surface area contributed by atoms with Crippen molar-refractivity contribution in [2.24, 2.45) is 0 Å². The monoisotopic (exact) mass is 293 g/mol. The van der Waals surface area contributed by atoms with Gasteiger partial charge in [-0.15, -0.1) is 16.9 Å². The van der Waals surface area contributed by atoms with Crippen molar-refractivity contribution in [3.63, 3.8) is 0 Å². The summed E-state index contributed by atoms with van der Waals surface area (Å²) < 4.78 is 3.97. The lowest BCUT2D eigenvalue weighted by atomic mass is 9.87. The Kier molecular flexibility index (Phi) is 4.47. The summed E-state index contributed by atoms with van der Waals surface area (Å²) in [6.45, 7) is 6.69. The summed E-state index contributed by atoms with van der Waals surface area (Å²) in [7, 11) is 1.90. The number of rotatable bonds is 4. The van der Waals surface area contributed by atoms with Crippen LogP contribution in [0.3, 0.4) is 0 Å². The number of nitrogens with one attached hydrogen (secondary N) is 1. The zero-order valence-electron chi connectivity index (χ0n) is 11.7. The number of aromatic nitrogens is 2. The van der Waals surface area contributed by atoms with Gasteiger partial charge in [-0.3, -0.25) is 0 Å². The van der Waals surface area contributed by atoms with E-state index in [4.69, 9.17) is 0 Å².